The van der Waals surface area contributed by atoms with Crippen molar-refractivity contribution < 1.29 is 28.2 Å². The van der Waals surface area contributed by atoms with Gasteiger partial charge in [0.2, 0.25) is 0 Å². The number of benzene rings is 1. The molecule has 0 radical (unpaired) electrons. The van der Waals surface area contributed by atoms with Gasteiger partial charge < -0.3 is 9.47 Å². The zero-order valence-corrected chi connectivity index (χ0v) is 13.9. The Hall–Kier alpha value is -2.54. The minimum atomic E-state index is -1.05. The predicted octanol–water partition coefficient (Wildman–Crippen LogP) is 3.48. The van der Waals surface area contributed by atoms with Gasteiger partial charge in [-0.1, -0.05) is 12.1 Å². The number of hydrogen-bond acceptors (Lipinski definition) is 6. The van der Waals surface area contributed by atoms with Crippen LogP contribution in [0.5, 0.6) is 0 Å². The number of hydrogen-bond donors (Lipinski definition) is 0. The second-order valence-electron chi connectivity index (χ2n) is 4.63. The van der Waals surface area contributed by atoms with Gasteiger partial charge in [-0.25, -0.2) is 14.0 Å². The summed E-state index contributed by atoms with van der Waals surface area (Å²) in [7, 11) is 0. The second-order valence-corrected chi connectivity index (χ2v) is 5.69. The maximum atomic E-state index is 13.4. The molecular weight excluding hydrogens is 335 g/mol. The van der Waals surface area contributed by atoms with Crippen molar-refractivity contribution in [3.63, 3.8) is 0 Å². The molecular formula is C17H15FO5S. The Balaban J connectivity index is 2.49. The number of esters is 2. The number of carbonyl (C=O) groups is 3. The van der Waals surface area contributed by atoms with Crippen molar-refractivity contribution in [2.24, 2.45) is 0 Å². The fourth-order valence-corrected chi connectivity index (χ4v) is 3.06. The number of carbonyl (C=O) groups excluding carboxylic acids is 3. The van der Waals surface area contributed by atoms with Crippen LogP contribution >= 0.6 is 11.3 Å². The van der Waals surface area contributed by atoms with Crippen molar-refractivity contribution in [2.75, 3.05) is 13.2 Å². The molecule has 0 unspecified atom stereocenters. The summed E-state index contributed by atoms with van der Waals surface area (Å²) in [5, 5.41) is 0. The van der Waals surface area contributed by atoms with E-state index in [4.69, 9.17) is 9.47 Å². The van der Waals surface area contributed by atoms with Crippen LogP contribution in [-0.4, -0.2) is 30.9 Å². The Morgan fingerprint density at radius 3 is 2.42 bits per heavy atom. The molecule has 0 aliphatic heterocycles. The predicted molar refractivity (Wildman–Crippen MR) is 86.6 cm³/mol. The van der Waals surface area contributed by atoms with E-state index in [0.717, 1.165) is 11.3 Å². The summed E-state index contributed by atoms with van der Waals surface area (Å²) in [5.74, 6) is -3.14. The Bertz CT molecular complexity index is 781. The zero-order chi connectivity index (χ0) is 17.7. The quantitative estimate of drug-likeness (QED) is 0.453. The maximum Gasteiger partial charge on any atom is 0.380 e. The van der Waals surface area contributed by atoms with E-state index in [1.807, 2.05) is 0 Å². The lowest BCUT2D eigenvalue weighted by Crippen LogP contribution is -2.19. The van der Waals surface area contributed by atoms with Gasteiger partial charge in [-0.05, 0) is 37.6 Å². The largest absolute Gasteiger partial charge is 0.462 e. The SMILES string of the molecule is CCOC(=O)C(=O)c1sc(-c2cccc(F)c2)cc1C(=O)OCC. The first-order chi connectivity index (χ1) is 11.5. The van der Waals surface area contributed by atoms with Crippen LogP contribution in [0.15, 0.2) is 30.3 Å². The first-order valence-electron chi connectivity index (χ1n) is 7.26. The van der Waals surface area contributed by atoms with E-state index in [9.17, 15) is 18.8 Å². The maximum absolute atomic E-state index is 13.4. The number of ether oxygens (including phenoxy) is 2. The Morgan fingerprint density at radius 2 is 1.79 bits per heavy atom. The molecule has 2 aromatic rings. The topological polar surface area (TPSA) is 69.7 Å². The molecule has 1 aromatic heterocycles. The first-order valence-corrected chi connectivity index (χ1v) is 8.07. The van der Waals surface area contributed by atoms with Gasteiger partial charge in [-0.2, -0.15) is 0 Å². The fraction of sp³-hybridized carbons (Fsp3) is 0.235. The van der Waals surface area contributed by atoms with Gasteiger partial charge in [0.05, 0.1) is 23.7 Å². The number of halogens is 1. The smallest absolute Gasteiger partial charge is 0.380 e. The Kier molecular flexibility index (Phi) is 5.81. The highest BCUT2D eigenvalue weighted by Crippen LogP contribution is 2.33. The van der Waals surface area contributed by atoms with Crippen LogP contribution in [0.1, 0.15) is 33.9 Å². The van der Waals surface area contributed by atoms with Gasteiger partial charge in [0.15, 0.2) is 0 Å². The molecule has 7 heteroatoms. The summed E-state index contributed by atoms with van der Waals surface area (Å²) in [4.78, 5) is 36.4. The third-order valence-electron chi connectivity index (χ3n) is 3.00. The molecule has 126 valence electrons. The first kappa shape index (κ1) is 17.8. The normalized spacial score (nSPS) is 10.3. The van der Waals surface area contributed by atoms with Crippen molar-refractivity contribution in [2.45, 2.75) is 13.8 Å². The molecule has 1 aromatic carbocycles. The van der Waals surface area contributed by atoms with Crippen LogP contribution in [0, 0.1) is 5.82 Å². The molecule has 0 saturated heterocycles. The molecule has 5 nitrogen and oxygen atoms in total. The van der Waals surface area contributed by atoms with Crippen LogP contribution < -0.4 is 0 Å². The zero-order valence-electron chi connectivity index (χ0n) is 13.1. The lowest BCUT2D eigenvalue weighted by Gasteiger charge is -2.02. The van der Waals surface area contributed by atoms with Gasteiger partial charge in [0.1, 0.15) is 5.82 Å². The van der Waals surface area contributed by atoms with Crippen molar-refractivity contribution >= 4 is 29.1 Å². The molecule has 24 heavy (non-hydrogen) atoms. The Morgan fingerprint density at radius 1 is 1.08 bits per heavy atom. The summed E-state index contributed by atoms with van der Waals surface area (Å²) < 4.78 is 23.0. The number of ketones is 1. The van der Waals surface area contributed by atoms with E-state index in [-0.39, 0.29) is 23.7 Å². The van der Waals surface area contributed by atoms with Crippen molar-refractivity contribution in [3.8, 4) is 10.4 Å². The molecule has 0 fully saturated rings. The molecule has 0 spiro atoms. The van der Waals surface area contributed by atoms with Gasteiger partial charge in [0, 0.05) is 4.88 Å². The van der Waals surface area contributed by atoms with Crippen LogP contribution in [0.2, 0.25) is 0 Å². The second kappa shape index (κ2) is 7.83. The molecule has 0 aliphatic rings. The minimum Gasteiger partial charge on any atom is -0.462 e. The standard InChI is InChI=1S/C17H15FO5S/c1-3-22-16(20)12-9-13(10-6-5-7-11(18)8-10)24-15(12)14(19)17(21)23-4-2/h5-9H,3-4H2,1-2H3. The Labute approximate surface area is 142 Å². The van der Waals surface area contributed by atoms with Crippen LogP contribution in [-0.2, 0) is 14.3 Å². The summed E-state index contributed by atoms with van der Waals surface area (Å²) in [6.45, 7) is 3.37. The lowest BCUT2D eigenvalue weighted by atomic mass is 10.1. The summed E-state index contributed by atoms with van der Waals surface area (Å²) >= 11 is 0.920. The molecule has 0 N–H and O–H groups in total. The van der Waals surface area contributed by atoms with E-state index in [1.54, 1.807) is 19.9 Å². The highest BCUT2D eigenvalue weighted by atomic mass is 32.1. The van der Waals surface area contributed by atoms with Crippen LogP contribution in [0.25, 0.3) is 10.4 Å². The fourth-order valence-electron chi connectivity index (χ4n) is 1.99. The molecule has 0 aliphatic carbocycles. The van der Waals surface area contributed by atoms with Gasteiger partial charge in [0.25, 0.3) is 5.78 Å². The van der Waals surface area contributed by atoms with Gasteiger partial charge in [-0.3, -0.25) is 4.79 Å². The minimum absolute atomic E-state index is 0.0286. The average molecular weight is 350 g/mol. The molecule has 0 amide bonds. The van der Waals surface area contributed by atoms with E-state index < -0.39 is 23.5 Å². The lowest BCUT2D eigenvalue weighted by molar-refractivity contribution is -0.137. The van der Waals surface area contributed by atoms with E-state index in [0.29, 0.717) is 10.4 Å². The van der Waals surface area contributed by atoms with Gasteiger partial charge >= 0.3 is 11.9 Å². The third kappa shape index (κ3) is 3.86. The number of thiophene rings is 1. The molecule has 2 rings (SSSR count). The van der Waals surface area contributed by atoms with E-state index in [2.05, 4.69) is 0 Å². The molecule has 0 atom stereocenters. The highest BCUT2D eigenvalue weighted by molar-refractivity contribution is 7.18. The van der Waals surface area contributed by atoms with Crippen molar-refractivity contribution in [1.82, 2.24) is 0 Å². The highest BCUT2D eigenvalue weighted by Gasteiger charge is 2.28. The molecule has 1 heterocycles. The molecule has 0 bridgehead atoms. The van der Waals surface area contributed by atoms with Crippen molar-refractivity contribution in [3.05, 3.63) is 46.6 Å². The third-order valence-corrected chi connectivity index (χ3v) is 4.19. The van der Waals surface area contributed by atoms with E-state index >= 15 is 0 Å². The number of rotatable bonds is 6. The monoisotopic (exact) mass is 350 g/mol. The van der Waals surface area contributed by atoms with E-state index in [1.165, 1.54) is 24.3 Å². The number of Topliss-reactive ketones (excluding diaryl/α,β-unsaturated/α-hetero) is 1. The van der Waals surface area contributed by atoms with Gasteiger partial charge in [-0.15, -0.1) is 11.3 Å². The average Bonchev–Trinajstić information content (AvgIpc) is 3.00. The summed E-state index contributed by atoms with van der Waals surface area (Å²) in [5.41, 5.74) is 0.465. The summed E-state index contributed by atoms with van der Waals surface area (Å²) in [6, 6.07) is 7.14. The molecule has 0 saturated carbocycles. The van der Waals surface area contributed by atoms with Crippen LogP contribution in [0.4, 0.5) is 4.39 Å². The van der Waals surface area contributed by atoms with Crippen molar-refractivity contribution in [1.29, 1.82) is 0 Å². The summed E-state index contributed by atoms with van der Waals surface area (Å²) in [6.07, 6.45) is 0. The van der Waals surface area contributed by atoms with Crippen LogP contribution in [0.3, 0.4) is 0 Å².